The van der Waals surface area contributed by atoms with Crippen LogP contribution in [0.2, 0.25) is 5.02 Å². The Bertz CT molecular complexity index is 1160. The van der Waals surface area contributed by atoms with Crippen LogP contribution in [-0.4, -0.2) is 15.9 Å². The van der Waals surface area contributed by atoms with Crippen LogP contribution in [0, 0.1) is 21.4 Å². The molecule has 0 fully saturated rings. The highest BCUT2D eigenvalue weighted by Crippen LogP contribution is 2.33. The highest BCUT2D eigenvalue weighted by atomic mass is 35.5. The highest BCUT2D eigenvalue weighted by Gasteiger charge is 2.15. The number of nitriles is 1. The zero-order valence-electron chi connectivity index (χ0n) is 14.6. The first-order chi connectivity index (χ1) is 13.9. The summed E-state index contributed by atoms with van der Waals surface area (Å²) in [4.78, 5) is 22.7. The molecular weight excluding hydrogens is 398 g/mol. The number of halogens is 1. The summed E-state index contributed by atoms with van der Waals surface area (Å²) in [6.45, 7) is 0. The third-order valence-corrected chi connectivity index (χ3v) is 4.16. The van der Waals surface area contributed by atoms with Crippen LogP contribution in [0.3, 0.4) is 0 Å². The molecule has 0 radical (unpaired) electrons. The first kappa shape index (κ1) is 19.7. The van der Waals surface area contributed by atoms with Gasteiger partial charge in [0.2, 0.25) is 0 Å². The minimum absolute atomic E-state index is 0.0435. The van der Waals surface area contributed by atoms with E-state index in [2.05, 4.69) is 5.32 Å². The Kier molecular flexibility index (Phi) is 5.62. The number of nitro groups is 1. The van der Waals surface area contributed by atoms with E-state index in [4.69, 9.17) is 16.0 Å². The number of carbonyl (C=O) groups is 1. The summed E-state index contributed by atoms with van der Waals surface area (Å²) in [6.07, 6.45) is 1.24. The van der Waals surface area contributed by atoms with Gasteiger partial charge in [0, 0.05) is 29.5 Å². The van der Waals surface area contributed by atoms with E-state index in [0.717, 1.165) is 0 Å². The van der Waals surface area contributed by atoms with E-state index in [1.54, 1.807) is 6.07 Å². The molecule has 9 heteroatoms. The van der Waals surface area contributed by atoms with Gasteiger partial charge < -0.3 is 14.8 Å². The zero-order chi connectivity index (χ0) is 21.0. The van der Waals surface area contributed by atoms with Gasteiger partial charge in [-0.25, -0.2) is 0 Å². The molecule has 2 N–H and O–H groups in total. The van der Waals surface area contributed by atoms with Crippen molar-refractivity contribution < 1.29 is 19.2 Å². The van der Waals surface area contributed by atoms with Crippen molar-refractivity contribution in [2.75, 3.05) is 5.32 Å². The second kappa shape index (κ2) is 8.29. The maximum atomic E-state index is 12.3. The maximum Gasteiger partial charge on any atom is 0.270 e. The van der Waals surface area contributed by atoms with Gasteiger partial charge in [0.05, 0.1) is 9.95 Å². The van der Waals surface area contributed by atoms with Gasteiger partial charge in [0.25, 0.3) is 11.6 Å². The van der Waals surface area contributed by atoms with Crippen LogP contribution in [0.5, 0.6) is 5.75 Å². The van der Waals surface area contributed by atoms with E-state index in [-0.39, 0.29) is 33.6 Å². The molecule has 0 aliphatic heterocycles. The minimum atomic E-state index is -0.662. The van der Waals surface area contributed by atoms with Crippen molar-refractivity contribution in [1.29, 1.82) is 5.26 Å². The lowest BCUT2D eigenvalue weighted by Crippen LogP contribution is -2.13. The Morgan fingerprint density at radius 3 is 2.59 bits per heavy atom. The monoisotopic (exact) mass is 409 g/mol. The van der Waals surface area contributed by atoms with Gasteiger partial charge >= 0.3 is 0 Å². The quantitative estimate of drug-likeness (QED) is 0.205. The Morgan fingerprint density at radius 2 is 1.93 bits per heavy atom. The lowest BCUT2D eigenvalue weighted by atomic mass is 10.1. The number of rotatable bonds is 5. The molecule has 0 bridgehead atoms. The molecule has 0 aliphatic rings. The van der Waals surface area contributed by atoms with Crippen molar-refractivity contribution in [3.05, 3.63) is 81.1 Å². The van der Waals surface area contributed by atoms with Crippen molar-refractivity contribution in [3.8, 4) is 23.1 Å². The molecule has 3 rings (SSSR count). The number of nitro benzene ring substituents is 1. The van der Waals surface area contributed by atoms with E-state index in [1.165, 1.54) is 60.7 Å². The van der Waals surface area contributed by atoms with Gasteiger partial charge in [0.15, 0.2) is 0 Å². The van der Waals surface area contributed by atoms with Gasteiger partial charge in [-0.2, -0.15) is 5.26 Å². The predicted molar refractivity (Wildman–Crippen MR) is 106 cm³/mol. The summed E-state index contributed by atoms with van der Waals surface area (Å²) >= 11 is 6.10. The number of aromatic hydroxyl groups is 1. The van der Waals surface area contributed by atoms with E-state index < -0.39 is 10.8 Å². The van der Waals surface area contributed by atoms with Crippen LogP contribution in [0.25, 0.3) is 17.4 Å². The van der Waals surface area contributed by atoms with Gasteiger partial charge in [-0.3, -0.25) is 14.9 Å². The molecule has 1 aromatic heterocycles. The fraction of sp³-hybridized carbons (Fsp3) is 0. The molecule has 2 aromatic carbocycles. The van der Waals surface area contributed by atoms with Gasteiger partial charge in [-0.15, -0.1) is 0 Å². The topological polar surface area (TPSA) is 129 Å². The van der Waals surface area contributed by atoms with E-state index in [0.29, 0.717) is 11.3 Å². The zero-order valence-corrected chi connectivity index (χ0v) is 15.4. The van der Waals surface area contributed by atoms with Crippen LogP contribution in [0.1, 0.15) is 5.76 Å². The second-order valence-corrected chi connectivity index (χ2v) is 6.20. The largest absolute Gasteiger partial charge is 0.508 e. The molecule has 0 unspecified atom stereocenters. The average molecular weight is 410 g/mol. The number of phenols is 1. The summed E-state index contributed by atoms with van der Waals surface area (Å²) in [5, 5.41) is 32.3. The molecule has 3 aromatic rings. The number of benzene rings is 2. The van der Waals surface area contributed by atoms with Crippen molar-refractivity contribution in [2.45, 2.75) is 0 Å². The molecule has 0 atom stereocenters. The molecule has 0 aliphatic carbocycles. The second-order valence-electron chi connectivity index (χ2n) is 5.79. The third kappa shape index (κ3) is 4.61. The molecule has 1 heterocycles. The fourth-order valence-electron chi connectivity index (χ4n) is 2.42. The summed E-state index contributed by atoms with van der Waals surface area (Å²) in [5.74, 6) is -0.173. The third-order valence-electron chi connectivity index (χ3n) is 3.83. The Balaban J connectivity index is 1.85. The lowest BCUT2D eigenvalue weighted by Gasteiger charge is -2.04. The van der Waals surface area contributed by atoms with Crippen LogP contribution in [-0.2, 0) is 4.79 Å². The van der Waals surface area contributed by atoms with Gasteiger partial charge in [-0.1, -0.05) is 11.6 Å². The summed E-state index contributed by atoms with van der Waals surface area (Å²) in [5.41, 5.74) is 0.345. The first-order valence-corrected chi connectivity index (χ1v) is 8.51. The number of carbonyl (C=O) groups excluding carboxylic acids is 1. The Morgan fingerprint density at radius 1 is 1.21 bits per heavy atom. The minimum Gasteiger partial charge on any atom is -0.508 e. The number of hydrogen-bond acceptors (Lipinski definition) is 6. The number of amides is 1. The lowest BCUT2D eigenvalue weighted by molar-refractivity contribution is -0.384. The molecule has 0 saturated carbocycles. The number of phenolic OH excluding ortho intramolecular Hbond substituents is 1. The SMILES string of the molecule is N#C/C(=C\c1ccc(-c2cc([N+](=O)[O-])ccc2Cl)o1)C(=O)Nc1ccc(O)cc1. The molecule has 29 heavy (non-hydrogen) atoms. The predicted octanol–water partition coefficient (Wildman–Crippen LogP) is 4.76. The fourth-order valence-corrected chi connectivity index (χ4v) is 2.64. The van der Waals surface area contributed by atoms with Crippen molar-refractivity contribution in [3.63, 3.8) is 0 Å². The standard InChI is InChI=1S/C20H12ClN3O5/c21-18-7-3-14(24(27)28)10-17(18)19-8-6-16(29-19)9-12(11-22)20(26)23-13-1-4-15(25)5-2-13/h1-10,25H,(H,23,26)/b12-9+. The molecule has 8 nitrogen and oxygen atoms in total. The van der Waals surface area contributed by atoms with Crippen molar-refractivity contribution >= 4 is 35.0 Å². The molecular formula is C20H12ClN3O5. The van der Waals surface area contributed by atoms with Crippen LogP contribution < -0.4 is 5.32 Å². The van der Waals surface area contributed by atoms with E-state index in [9.17, 15) is 25.3 Å². The van der Waals surface area contributed by atoms with Crippen LogP contribution >= 0.6 is 11.6 Å². The van der Waals surface area contributed by atoms with Crippen molar-refractivity contribution in [2.24, 2.45) is 0 Å². The number of non-ortho nitro benzene ring substituents is 1. The maximum absolute atomic E-state index is 12.3. The number of furan rings is 1. The highest BCUT2D eigenvalue weighted by molar-refractivity contribution is 6.33. The number of anilines is 1. The summed E-state index contributed by atoms with van der Waals surface area (Å²) in [6, 6.07) is 14.5. The normalized spacial score (nSPS) is 11.0. The summed E-state index contributed by atoms with van der Waals surface area (Å²) < 4.78 is 5.59. The summed E-state index contributed by atoms with van der Waals surface area (Å²) in [7, 11) is 0. The first-order valence-electron chi connectivity index (χ1n) is 8.13. The molecule has 0 saturated heterocycles. The average Bonchev–Trinajstić information content (AvgIpc) is 3.16. The molecule has 0 spiro atoms. The van der Waals surface area contributed by atoms with E-state index >= 15 is 0 Å². The number of nitrogens with one attached hydrogen (secondary N) is 1. The molecule has 144 valence electrons. The Hall–Kier alpha value is -4.09. The van der Waals surface area contributed by atoms with Crippen LogP contribution in [0.4, 0.5) is 11.4 Å². The van der Waals surface area contributed by atoms with Gasteiger partial charge in [-0.05, 0) is 42.5 Å². The Labute approximate surface area is 169 Å². The molecule has 1 amide bonds. The smallest absolute Gasteiger partial charge is 0.270 e. The number of nitrogens with zero attached hydrogens (tertiary/aromatic N) is 2. The van der Waals surface area contributed by atoms with Gasteiger partial charge in [0.1, 0.15) is 28.9 Å². The number of hydrogen-bond donors (Lipinski definition) is 2. The van der Waals surface area contributed by atoms with Crippen LogP contribution in [0.15, 0.2) is 64.6 Å². The van der Waals surface area contributed by atoms with Crippen molar-refractivity contribution in [1.82, 2.24) is 0 Å². The van der Waals surface area contributed by atoms with E-state index in [1.807, 2.05) is 0 Å².